The molecule has 1 atom stereocenters. The van der Waals surface area contributed by atoms with Crippen LogP contribution in [0.1, 0.15) is 28.4 Å². The smallest absolute Gasteiger partial charge is 0.267 e. The van der Waals surface area contributed by atoms with E-state index in [9.17, 15) is 14.7 Å². The summed E-state index contributed by atoms with van der Waals surface area (Å²) in [5.74, 6) is 0.0263. The standard InChI is InChI=1S/C28H24N4O3S2/c1-18-10-12-19(13-11-18)17-32-27(35)23(37-28(32)36)15-21-25(29-16-22(33)20-7-3-2-4-8-20)30-24-9-5-6-14-31(24)26(21)34/h2-15,22,29,33H,16-17H2,1H3/b23-15-/t22-/m0/s1. The number of amides is 1. The Morgan fingerprint density at radius 2 is 1.78 bits per heavy atom. The largest absolute Gasteiger partial charge is 0.387 e. The fraction of sp³-hybridized carbons (Fsp3) is 0.143. The van der Waals surface area contributed by atoms with Crippen molar-refractivity contribution in [2.24, 2.45) is 0 Å². The fourth-order valence-corrected chi connectivity index (χ4v) is 5.23. The van der Waals surface area contributed by atoms with Gasteiger partial charge in [-0.15, -0.1) is 0 Å². The number of benzene rings is 2. The van der Waals surface area contributed by atoms with Crippen molar-refractivity contribution in [3.8, 4) is 0 Å². The minimum atomic E-state index is -0.808. The number of rotatable bonds is 7. The van der Waals surface area contributed by atoms with Crippen molar-refractivity contribution in [2.75, 3.05) is 11.9 Å². The Labute approximate surface area is 223 Å². The van der Waals surface area contributed by atoms with Crippen LogP contribution in [0.15, 0.2) is 88.7 Å². The van der Waals surface area contributed by atoms with E-state index in [0.717, 1.165) is 28.5 Å². The highest BCUT2D eigenvalue weighted by Gasteiger charge is 2.32. The van der Waals surface area contributed by atoms with Gasteiger partial charge in [-0.3, -0.25) is 18.9 Å². The molecule has 37 heavy (non-hydrogen) atoms. The lowest BCUT2D eigenvalue weighted by molar-refractivity contribution is -0.122. The number of nitrogens with zero attached hydrogens (tertiary/aromatic N) is 3. The number of aliphatic hydroxyl groups excluding tert-OH is 1. The molecule has 0 spiro atoms. The van der Waals surface area contributed by atoms with Crippen LogP contribution < -0.4 is 10.9 Å². The molecule has 0 bridgehead atoms. The highest BCUT2D eigenvalue weighted by Crippen LogP contribution is 2.34. The number of anilines is 1. The number of aryl methyl sites for hydroxylation is 1. The number of fused-ring (bicyclic) bond motifs is 1. The second kappa shape index (κ2) is 10.7. The summed E-state index contributed by atoms with van der Waals surface area (Å²) in [6.45, 7) is 2.49. The Kier molecular flexibility index (Phi) is 7.18. The average Bonchev–Trinajstić information content (AvgIpc) is 3.18. The number of pyridine rings is 1. The maximum atomic E-state index is 13.5. The minimum absolute atomic E-state index is 0.134. The molecule has 5 rings (SSSR count). The normalized spacial score (nSPS) is 15.5. The van der Waals surface area contributed by atoms with E-state index in [1.165, 1.54) is 9.30 Å². The summed E-state index contributed by atoms with van der Waals surface area (Å²) in [5, 5.41) is 13.8. The molecular weight excluding hydrogens is 504 g/mol. The van der Waals surface area contributed by atoms with Gasteiger partial charge in [-0.1, -0.05) is 90.2 Å². The number of nitrogens with one attached hydrogen (secondary N) is 1. The van der Waals surface area contributed by atoms with E-state index in [-0.39, 0.29) is 29.4 Å². The molecule has 4 aromatic rings. The van der Waals surface area contributed by atoms with Crippen LogP contribution in [-0.2, 0) is 11.3 Å². The second-order valence-corrected chi connectivity index (χ2v) is 10.3. The summed E-state index contributed by atoms with van der Waals surface area (Å²) >= 11 is 6.66. The molecule has 0 aliphatic carbocycles. The molecule has 2 aromatic carbocycles. The first-order chi connectivity index (χ1) is 17.9. The van der Waals surface area contributed by atoms with Gasteiger partial charge >= 0.3 is 0 Å². The Hall–Kier alpha value is -3.79. The van der Waals surface area contributed by atoms with Crippen LogP contribution in [-0.4, -0.2) is 36.2 Å². The lowest BCUT2D eigenvalue weighted by Crippen LogP contribution is -2.27. The molecule has 186 valence electrons. The van der Waals surface area contributed by atoms with E-state index in [4.69, 9.17) is 12.2 Å². The molecule has 9 heteroatoms. The molecule has 1 saturated heterocycles. The van der Waals surface area contributed by atoms with Gasteiger partial charge in [-0.2, -0.15) is 0 Å². The average molecular weight is 529 g/mol. The van der Waals surface area contributed by atoms with Gasteiger partial charge in [-0.05, 0) is 36.3 Å². The van der Waals surface area contributed by atoms with Crippen LogP contribution in [0.4, 0.5) is 5.82 Å². The van der Waals surface area contributed by atoms with Gasteiger partial charge in [0, 0.05) is 12.7 Å². The number of thiocarbonyl (C=S) groups is 1. The van der Waals surface area contributed by atoms with E-state index in [2.05, 4.69) is 10.3 Å². The highest BCUT2D eigenvalue weighted by molar-refractivity contribution is 8.26. The summed E-state index contributed by atoms with van der Waals surface area (Å²) in [4.78, 5) is 33.2. The number of aliphatic hydroxyl groups is 1. The van der Waals surface area contributed by atoms with Crippen LogP contribution in [0.3, 0.4) is 0 Å². The third kappa shape index (κ3) is 5.34. The Balaban J connectivity index is 1.47. The highest BCUT2D eigenvalue weighted by atomic mass is 32.2. The number of thioether (sulfide) groups is 1. The van der Waals surface area contributed by atoms with Crippen LogP contribution in [0.5, 0.6) is 0 Å². The topological polar surface area (TPSA) is 86.9 Å². The number of hydrogen-bond donors (Lipinski definition) is 2. The van der Waals surface area contributed by atoms with Crippen LogP contribution in [0, 0.1) is 6.92 Å². The first-order valence-electron chi connectivity index (χ1n) is 11.7. The molecule has 2 N–H and O–H groups in total. The lowest BCUT2D eigenvalue weighted by Gasteiger charge is -2.15. The minimum Gasteiger partial charge on any atom is -0.387 e. The third-order valence-electron chi connectivity index (χ3n) is 6.03. The first-order valence-corrected chi connectivity index (χ1v) is 12.9. The summed E-state index contributed by atoms with van der Waals surface area (Å²) in [5.41, 5.74) is 3.19. The predicted molar refractivity (Wildman–Crippen MR) is 151 cm³/mol. The monoisotopic (exact) mass is 528 g/mol. The molecule has 1 aliphatic heterocycles. The maximum absolute atomic E-state index is 13.5. The summed E-state index contributed by atoms with van der Waals surface area (Å²) < 4.78 is 1.86. The van der Waals surface area contributed by atoms with Gasteiger partial charge in [0.15, 0.2) is 0 Å². The quantitative estimate of drug-likeness (QED) is 0.269. The summed E-state index contributed by atoms with van der Waals surface area (Å²) in [6.07, 6.45) is 2.37. The van der Waals surface area contributed by atoms with Gasteiger partial charge < -0.3 is 10.4 Å². The summed E-state index contributed by atoms with van der Waals surface area (Å²) in [7, 11) is 0. The number of aromatic nitrogens is 2. The Morgan fingerprint density at radius 3 is 2.54 bits per heavy atom. The van der Waals surface area contributed by atoms with Crippen molar-refractivity contribution >= 4 is 51.7 Å². The van der Waals surface area contributed by atoms with Gasteiger partial charge in [-0.25, -0.2) is 4.98 Å². The van der Waals surface area contributed by atoms with Gasteiger partial charge in [0.25, 0.3) is 11.5 Å². The third-order valence-corrected chi connectivity index (χ3v) is 7.40. The van der Waals surface area contributed by atoms with E-state index < -0.39 is 6.10 Å². The zero-order chi connectivity index (χ0) is 25.9. The lowest BCUT2D eigenvalue weighted by atomic mass is 10.1. The van der Waals surface area contributed by atoms with Gasteiger partial charge in [0.2, 0.25) is 0 Å². The molecular formula is C28H24N4O3S2. The van der Waals surface area contributed by atoms with Crippen molar-refractivity contribution in [1.82, 2.24) is 14.3 Å². The number of carbonyl (C=O) groups excluding carboxylic acids is 1. The summed E-state index contributed by atoms with van der Waals surface area (Å²) in [6, 6.07) is 22.4. The van der Waals surface area contributed by atoms with Crippen LogP contribution >= 0.6 is 24.0 Å². The zero-order valence-electron chi connectivity index (χ0n) is 20.0. The Bertz CT molecular complexity index is 1570. The zero-order valence-corrected chi connectivity index (χ0v) is 21.6. The molecule has 0 unspecified atom stereocenters. The number of carbonyl (C=O) groups is 1. The van der Waals surface area contributed by atoms with Crippen molar-refractivity contribution in [2.45, 2.75) is 19.6 Å². The van der Waals surface area contributed by atoms with E-state index in [1.54, 1.807) is 30.5 Å². The molecule has 0 radical (unpaired) electrons. The predicted octanol–water partition coefficient (Wildman–Crippen LogP) is 4.55. The second-order valence-electron chi connectivity index (χ2n) is 8.67. The Morgan fingerprint density at radius 1 is 1.05 bits per heavy atom. The van der Waals surface area contributed by atoms with Crippen molar-refractivity contribution in [3.63, 3.8) is 0 Å². The van der Waals surface area contributed by atoms with Crippen molar-refractivity contribution in [1.29, 1.82) is 0 Å². The SMILES string of the molecule is Cc1ccc(CN2C(=O)/C(=C/c3c(NC[C@H](O)c4ccccc4)nc4ccccn4c3=O)SC2=S)cc1. The maximum Gasteiger partial charge on any atom is 0.267 e. The molecule has 7 nitrogen and oxygen atoms in total. The van der Waals surface area contributed by atoms with E-state index in [1.807, 2.05) is 61.5 Å². The fourth-order valence-electron chi connectivity index (χ4n) is 4.00. The molecule has 1 aliphatic rings. The molecule has 3 heterocycles. The van der Waals surface area contributed by atoms with Crippen LogP contribution in [0.2, 0.25) is 0 Å². The molecule has 1 amide bonds. The number of hydrogen-bond acceptors (Lipinski definition) is 7. The molecule has 2 aromatic heterocycles. The van der Waals surface area contributed by atoms with Crippen molar-refractivity contribution < 1.29 is 9.90 Å². The molecule has 0 saturated carbocycles. The van der Waals surface area contributed by atoms with Crippen LogP contribution in [0.25, 0.3) is 11.7 Å². The van der Waals surface area contributed by atoms with E-state index >= 15 is 0 Å². The first kappa shape index (κ1) is 24.9. The molecule has 1 fully saturated rings. The van der Waals surface area contributed by atoms with Gasteiger partial charge in [0.1, 0.15) is 15.8 Å². The van der Waals surface area contributed by atoms with Gasteiger partial charge in [0.05, 0.1) is 23.1 Å². The van der Waals surface area contributed by atoms with Crippen molar-refractivity contribution in [3.05, 3.63) is 117 Å². The van der Waals surface area contributed by atoms with E-state index in [0.29, 0.717) is 21.4 Å².